The SMILES string of the molecule is COc1ccc(Br)c(C(=O)O[C@H](C)C(=O)NCC(C)C)c1. The molecule has 0 saturated carbocycles. The van der Waals surface area contributed by atoms with Gasteiger partial charge in [0.15, 0.2) is 6.10 Å². The Hall–Kier alpha value is -1.56. The summed E-state index contributed by atoms with van der Waals surface area (Å²) in [6.07, 6.45) is -0.852. The van der Waals surface area contributed by atoms with Crippen molar-refractivity contribution in [3.05, 3.63) is 28.2 Å². The van der Waals surface area contributed by atoms with Crippen LogP contribution in [0.15, 0.2) is 22.7 Å². The van der Waals surface area contributed by atoms with Crippen molar-refractivity contribution in [2.45, 2.75) is 26.9 Å². The first-order valence-corrected chi connectivity index (χ1v) is 7.46. The molecule has 1 atom stereocenters. The van der Waals surface area contributed by atoms with E-state index >= 15 is 0 Å². The Morgan fingerprint density at radius 1 is 1.29 bits per heavy atom. The van der Waals surface area contributed by atoms with E-state index in [0.29, 0.717) is 28.2 Å². The van der Waals surface area contributed by atoms with Gasteiger partial charge >= 0.3 is 5.97 Å². The zero-order chi connectivity index (χ0) is 16.0. The molecular weight excluding hydrogens is 338 g/mol. The number of esters is 1. The predicted octanol–water partition coefficient (Wildman–Crippen LogP) is 2.78. The Balaban J connectivity index is 2.70. The van der Waals surface area contributed by atoms with Crippen LogP contribution >= 0.6 is 15.9 Å². The fourth-order valence-electron chi connectivity index (χ4n) is 1.51. The van der Waals surface area contributed by atoms with Crippen molar-refractivity contribution in [3.8, 4) is 5.75 Å². The third-order valence-electron chi connectivity index (χ3n) is 2.73. The topological polar surface area (TPSA) is 64.6 Å². The molecule has 0 bridgehead atoms. The first-order valence-electron chi connectivity index (χ1n) is 6.67. The number of hydrogen-bond donors (Lipinski definition) is 1. The molecule has 0 aliphatic carbocycles. The summed E-state index contributed by atoms with van der Waals surface area (Å²) in [7, 11) is 1.51. The van der Waals surface area contributed by atoms with Crippen LogP contribution in [-0.2, 0) is 9.53 Å². The average Bonchev–Trinajstić information content (AvgIpc) is 2.44. The minimum Gasteiger partial charge on any atom is -0.497 e. The van der Waals surface area contributed by atoms with Crippen molar-refractivity contribution < 1.29 is 19.1 Å². The van der Waals surface area contributed by atoms with Gasteiger partial charge in [0.1, 0.15) is 5.75 Å². The van der Waals surface area contributed by atoms with Gasteiger partial charge in [-0.3, -0.25) is 4.79 Å². The summed E-state index contributed by atoms with van der Waals surface area (Å²) in [4.78, 5) is 23.9. The molecule has 116 valence electrons. The molecular formula is C15H20BrNO4. The van der Waals surface area contributed by atoms with E-state index < -0.39 is 12.1 Å². The van der Waals surface area contributed by atoms with Crippen molar-refractivity contribution >= 4 is 27.8 Å². The van der Waals surface area contributed by atoms with Crippen LogP contribution in [0.3, 0.4) is 0 Å². The summed E-state index contributed by atoms with van der Waals surface area (Å²) in [6.45, 7) is 6.07. The normalized spacial score (nSPS) is 11.9. The number of hydrogen-bond acceptors (Lipinski definition) is 4. The molecule has 1 aromatic rings. The highest BCUT2D eigenvalue weighted by atomic mass is 79.9. The Kier molecular flexibility index (Phi) is 6.68. The van der Waals surface area contributed by atoms with Gasteiger partial charge in [-0.25, -0.2) is 4.79 Å². The maximum atomic E-state index is 12.1. The van der Waals surface area contributed by atoms with Crippen LogP contribution < -0.4 is 10.1 Å². The fourth-order valence-corrected chi connectivity index (χ4v) is 1.92. The van der Waals surface area contributed by atoms with Gasteiger partial charge in [-0.2, -0.15) is 0 Å². The second-order valence-corrected chi connectivity index (χ2v) is 5.89. The van der Waals surface area contributed by atoms with E-state index in [2.05, 4.69) is 21.2 Å². The van der Waals surface area contributed by atoms with Crippen LogP contribution in [0, 0.1) is 5.92 Å². The molecule has 5 nitrogen and oxygen atoms in total. The van der Waals surface area contributed by atoms with E-state index in [4.69, 9.17) is 9.47 Å². The minimum atomic E-state index is -0.852. The van der Waals surface area contributed by atoms with E-state index in [1.165, 1.54) is 7.11 Å². The Morgan fingerprint density at radius 2 is 1.95 bits per heavy atom. The Morgan fingerprint density at radius 3 is 2.52 bits per heavy atom. The molecule has 1 rings (SSSR count). The molecule has 21 heavy (non-hydrogen) atoms. The number of carbonyl (C=O) groups excluding carboxylic acids is 2. The third kappa shape index (κ3) is 5.38. The molecule has 1 amide bonds. The Bertz CT molecular complexity index is 516. The van der Waals surface area contributed by atoms with Gasteiger partial charge in [-0.05, 0) is 47.0 Å². The van der Waals surface area contributed by atoms with Gasteiger partial charge in [0.25, 0.3) is 5.91 Å². The fraction of sp³-hybridized carbons (Fsp3) is 0.467. The van der Waals surface area contributed by atoms with Gasteiger partial charge in [0.05, 0.1) is 12.7 Å². The van der Waals surface area contributed by atoms with E-state index in [1.807, 2.05) is 13.8 Å². The maximum Gasteiger partial charge on any atom is 0.340 e. The molecule has 0 fully saturated rings. The highest BCUT2D eigenvalue weighted by molar-refractivity contribution is 9.10. The lowest BCUT2D eigenvalue weighted by atomic mass is 10.2. The number of methoxy groups -OCH3 is 1. The second kappa shape index (κ2) is 8.02. The van der Waals surface area contributed by atoms with Gasteiger partial charge in [-0.15, -0.1) is 0 Å². The van der Waals surface area contributed by atoms with Crippen molar-refractivity contribution in [1.82, 2.24) is 5.32 Å². The first kappa shape index (κ1) is 17.5. The van der Waals surface area contributed by atoms with Gasteiger partial charge in [-0.1, -0.05) is 13.8 Å². The highest BCUT2D eigenvalue weighted by Gasteiger charge is 2.20. The van der Waals surface area contributed by atoms with Crippen LogP contribution in [-0.4, -0.2) is 31.6 Å². The molecule has 6 heteroatoms. The van der Waals surface area contributed by atoms with Crippen LogP contribution in [0.1, 0.15) is 31.1 Å². The van der Waals surface area contributed by atoms with Crippen LogP contribution in [0.2, 0.25) is 0 Å². The third-order valence-corrected chi connectivity index (χ3v) is 3.42. The molecule has 0 saturated heterocycles. The van der Waals surface area contributed by atoms with Crippen LogP contribution in [0.4, 0.5) is 0 Å². The molecule has 1 aromatic carbocycles. The second-order valence-electron chi connectivity index (χ2n) is 5.03. The largest absolute Gasteiger partial charge is 0.497 e. The quantitative estimate of drug-likeness (QED) is 0.795. The summed E-state index contributed by atoms with van der Waals surface area (Å²) in [5, 5.41) is 2.72. The van der Waals surface area contributed by atoms with Gasteiger partial charge in [0.2, 0.25) is 0 Å². The molecule has 0 unspecified atom stereocenters. The summed E-state index contributed by atoms with van der Waals surface area (Å²) in [5.74, 6) is -0.00418. The number of halogens is 1. The minimum absolute atomic E-state index is 0.309. The van der Waals surface area contributed by atoms with E-state index in [0.717, 1.165) is 0 Å². The monoisotopic (exact) mass is 357 g/mol. The van der Waals surface area contributed by atoms with Crippen LogP contribution in [0.25, 0.3) is 0 Å². The lowest BCUT2D eigenvalue weighted by molar-refractivity contribution is -0.129. The predicted molar refractivity (Wildman–Crippen MR) is 83.4 cm³/mol. The van der Waals surface area contributed by atoms with Gasteiger partial charge < -0.3 is 14.8 Å². The number of nitrogens with one attached hydrogen (secondary N) is 1. The lowest BCUT2D eigenvalue weighted by Crippen LogP contribution is -2.37. The standard InChI is InChI=1S/C15H20BrNO4/c1-9(2)8-17-14(18)10(3)21-15(19)12-7-11(20-4)5-6-13(12)16/h5-7,9-10H,8H2,1-4H3,(H,17,18)/t10-/m1/s1. The highest BCUT2D eigenvalue weighted by Crippen LogP contribution is 2.23. The van der Waals surface area contributed by atoms with Crippen molar-refractivity contribution in [3.63, 3.8) is 0 Å². The summed E-state index contributed by atoms with van der Waals surface area (Å²) >= 11 is 3.28. The lowest BCUT2D eigenvalue weighted by Gasteiger charge is -2.15. The molecule has 0 spiro atoms. The summed E-state index contributed by atoms with van der Waals surface area (Å²) < 4.78 is 10.8. The Labute approximate surface area is 133 Å². The van der Waals surface area contributed by atoms with Crippen molar-refractivity contribution in [2.24, 2.45) is 5.92 Å². The number of rotatable bonds is 6. The molecule has 0 aromatic heterocycles. The van der Waals surface area contributed by atoms with Gasteiger partial charge in [0, 0.05) is 11.0 Å². The van der Waals surface area contributed by atoms with E-state index in [9.17, 15) is 9.59 Å². The van der Waals surface area contributed by atoms with E-state index in [-0.39, 0.29) is 5.91 Å². The molecule has 0 aliphatic heterocycles. The number of benzene rings is 1. The van der Waals surface area contributed by atoms with Crippen molar-refractivity contribution in [1.29, 1.82) is 0 Å². The zero-order valence-electron chi connectivity index (χ0n) is 12.6. The van der Waals surface area contributed by atoms with Crippen molar-refractivity contribution in [2.75, 3.05) is 13.7 Å². The van der Waals surface area contributed by atoms with Crippen LogP contribution in [0.5, 0.6) is 5.75 Å². The summed E-state index contributed by atoms with van der Waals surface area (Å²) in [5.41, 5.74) is 0.317. The maximum absolute atomic E-state index is 12.1. The molecule has 0 radical (unpaired) electrons. The molecule has 0 aliphatic rings. The van der Waals surface area contributed by atoms with E-state index in [1.54, 1.807) is 25.1 Å². The summed E-state index contributed by atoms with van der Waals surface area (Å²) in [6, 6.07) is 4.98. The molecule has 0 heterocycles. The zero-order valence-corrected chi connectivity index (χ0v) is 14.2. The number of ether oxygens (including phenoxy) is 2. The number of carbonyl (C=O) groups is 2. The first-order chi connectivity index (χ1) is 9.85. The average molecular weight is 358 g/mol. The number of amides is 1. The molecule has 1 N–H and O–H groups in total. The smallest absolute Gasteiger partial charge is 0.340 e.